The maximum Gasteiger partial charge on any atom is 0.121 e. The second kappa shape index (κ2) is 11.5. The van der Waals surface area contributed by atoms with Gasteiger partial charge in [0.25, 0.3) is 0 Å². The highest BCUT2D eigenvalue weighted by atomic mass is 15.5. The van der Waals surface area contributed by atoms with E-state index < -0.39 is 0 Å². The Morgan fingerprint density at radius 2 is 0.933 bits per heavy atom. The van der Waals surface area contributed by atoms with Crippen LogP contribution >= 0.6 is 0 Å². The van der Waals surface area contributed by atoms with E-state index in [2.05, 4.69) is 132 Å². The molecule has 0 aliphatic heterocycles. The van der Waals surface area contributed by atoms with Gasteiger partial charge in [0, 0.05) is 23.5 Å². The van der Waals surface area contributed by atoms with Crippen LogP contribution in [0, 0.1) is 0 Å². The van der Waals surface area contributed by atoms with Crippen LogP contribution in [-0.2, 0) is 0 Å². The van der Waals surface area contributed by atoms with Gasteiger partial charge in [-0.15, -0.1) is 10.2 Å². The third kappa shape index (κ3) is 5.30. The molecule has 0 radical (unpaired) electrons. The van der Waals surface area contributed by atoms with Gasteiger partial charge in [-0.05, 0) is 74.8 Å². The molecule has 6 aromatic carbocycles. The van der Waals surface area contributed by atoms with Crippen LogP contribution in [-0.4, -0.2) is 20.0 Å². The zero-order valence-electron chi connectivity index (χ0n) is 24.5. The van der Waals surface area contributed by atoms with Crippen molar-refractivity contribution in [1.82, 2.24) is 20.0 Å². The van der Waals surface area contributed by atoms with Crippen LogP contribution in [0.5, 0.6) is 0 Å². The Morgan fingerprint density at radius 3 is 1.56 bits per heavy atom. The fourth-order valence-electron chi connectivity index (χ4n) is 5.82. The SMILES string of the molecule is c1ccc(-c2ccc(-c3cc(-c4ccc(-c5ccccc5)cc4)c4nn(-c5cccc(-c6cccnc6)c5)nc4c3)cc2)cc1. The van der Waals surface area contributed by atoms with Crippen LogP contribution in [0.3, 0.4) is 0 Å². The predicted molar refractivity (Wildman–Crippen MR) is 184 cm³/mol. The molecule has 0 spiro atoms. The van der Waals surface area contributed by atoms with Gasteiger partial charge in [-0.25, -0.2) is 0 Å². The monoisotopic (exact) mass is 576 g/mol. The van der Waals surface area contributed by atoms with Crippen molar-refractivity contribution in [1.29, 1.82) is 0 Å². The first-order valence-electron chi connectivity index (χ1n) is 15.0. The zero-order chi connectivity index (χ0) is 30.0. The molecular weight excluding hydrogens is 548 g/mol. The van der Waals surface area contributed by atoms with Crippen LogP contribution in [0.25, 0.3) is 72.4 Å². The summed E-state index contributed by atoms with van der Waals surface area (Å²) in [7, 11) is 0. The lowest BCUT2D eigenvalue weighted by Gasteiger charge is -2.09. The number of benzene rings is 6. The second-order valence-corrected chi connectivity index (χ2v) is 11.1. The smallest absolute Gasteiger partial charge is 0.121 e. The fraction of sp³-hybridized carbons (Fsp3) is 0. The second-order valence-electron chi connectivity index (χ2n) is 11.1. The molecular formula is C41H28N4. The number of rotatable bonds is 6. The molecule has 0 aliphatic carbocycles. The first kappa shape index (κ1) is 26.5. The van der Waals surface area contributed by atoms with Gasteiger partial charge in [-0.2, -0.15) is 4.80 Å². The van der Waals surface area contributed by atoms with Gasteiger partial charge in [0.2, 0.25) is 0 Å². The van der Waals surface area contributed by atoms with Gasteiger partial charge >= 0.3 is 0 Å². The summed E-state index contributed by atoms with van der Waals surface area (Å²) < 4.78 is 0. The third-order valence-corrected chi connectivity index (χ3v) is 8.19. The highest BCUT2D eigenvalue weighted by molar-refractivity contribution is 5.96. The Balaban J connectivity index is 1.24. The Kier molecular flexibility index (Phi) is 6.78. The number of pyridine rings is 1. The van der Waals surface area contributed by atoms with Crippen molar-refractivity contribution in [3.05, 3.63) is 170 Å². The number of hydrogen-bond acceptors (Lipinski definition) is 3. The Hall–Kier alpha value is -6.13. The molecule has 4 heteroatoms. The molecule has 45 heavy (non-hydrogen) atoms. The summed E-state index contributed by atoms with van der Waals surface area (Å²) in [5, 5.41) is 10.1. The number of hydrogen-bond donors (Lipinski definition) is 0. The quantitative estimate of drug-likeness (QED) is 0.198. The van der Waals surface area contributed by atoms with Gasteiger partial charge in [0.15, 0.2) is 0 Å². The molecule has 8 aromatic rings. The van der Waals surface area contributed by atoms with Crippen molar-refractivity contribution in [3.8, 4) is 61.3 Å². The summed E-state index contributed by atoms with van der Waals surface area (Å²) in [5.41, 5.74) is 13.9. The molecule has 2 aromatic heterocycles. The molecule has 0 N–H and O–H groups in total. The number of fused-ring (bicyclic) bond motifs is 1. The lowest BCUT2D eigenvalue weighted by Crippen LogP contribution is -1.98. The summed E-state index contributed by atoms with van der Waals surface area (Å²) in [4.78, 5) is 6.04. The van der Waals surface area contributed by atoms with Crippen molar-refractivity contribution in [2.45, 2.75) is 0 Å². The number of nitrogens with zero attached hydrogens (tertiary/aromatic N) is 4. The third-order valence-electron chi connectivity index (χ3n) is 8.19. The first-order chi connectivity index (χ1) is 22.3. The van der Waals surface area contributed by atoms with Gasteiger partial charge in [0.1, 0.15) is 11.0 Å². The molecule has 0 saturated carbocycles. The van der Waals surface area contributed by atoms with E-state index in [1.54, 1.807) is 11.0 Å². The molecule has 0 amide bonds. The van der Waals surface area contributed by atoms with Gasteiger partial charge < -0.3 is 0 Å². The van der Waals surface area contributed by atoms with Crippen LogP contribution in [0.4, 0.5) is 0 Å². The molecule has 0 fully saturated rings. The lowest BCUT2D eigenvalue weighted by atomic mass is 9.95. The summed E-state index contributed by atoms with van der Waals surface area (Å²) in [6.07, 6.45) is 3.66. The predicted octanol–water partition coefficient (Wildman–Crippen LogP) is 10.2. The molecule has 2 heterocycles. The van der Waals surface area contributed by atoms with E-state index >= 15 is 0 Å². The van der Waals surface area contributed by atoms with Gasteiger partial charge in [0.05, 0.1) is 5.69 Å². The van der Waals surface area contributed by atoms with Crippen molar-refractivity contribution >= 4 is 11.0 Å². The van der Waals surface area contributed by atoms with E-state index in [0.29, 0.717) is 0 Å². The minimum Gasteiger partial charge on any atom is -0.264 e. The van der Waals surface area contributed by atoms with Gasteiger partial charge in [-0.3, -0.25) is 4.98 Å². The van der Waals surface area contributed by atoms with E-state index in [-0.39, 0.29) is 0 Å². The molecule has 0 unspecified atom stereocenters. The first-order valence-corrected chi connectivity index (χ1v) is 15.0. The largest absolute Gasteiger partial charge is 0.264 e. The van der Waals surface area contributed by atoms with Crippen LogP contribution in [0.1, 0.15) is 0 Å². The Labute approximate surface area is 261 Å². The molecule has 212 valence electrons. The maximum atomic E-state index is 5.05. The highest BCUT2D eigenvalue weighted by Crippen LogP contribution is 2.35. The highest BCUT2D eigenvalue weighted by Gasteiger charge is 2.15. The van der Waals surface area contributed by atoms with Crippen molar-refractivity contribution in [2.24, 2.45) is 0 Å². The Morgan fingerprint density at radius 1 is 0.378 bits per heavy atom. The van der Waals surface area contributed by atoms with Crippen LogP contribution in [0.15, 0.2) is 170 Å². The summed E-state index contributed by atoms with van der Waals surface area (Å²) in [6.45, 7) is 0. The van der Waals surface area contributed by atoms with Crippen molar-refractivity contribution in [2.75, 3.05) is 0 Å². The van der Waals surface area contributed by atoms with E-state index in [9.17, 15) is 0 Å². The van der Waals surface area contributed by atoms with Crippen LogP contribution in [0.2, 0.25) is 0 Å². The topological polar surface area (TPSA) is 43.6 Å². The minimum absolute atomic E-state index is 0.841. The maximum absolute atomic E-state index is 5.05. The molecule has 0 aliphatic rings. The summed E-state index contributed by atoms with van der Waals surface area (Å²) >= 11 is 0. The Bertz CT molecular complexity index is 2220. The van der Waals surface area contributed by atoms with Crippen molar-refractivity contribution in [3.63, 3.8) is 0 Å². The molecule has 0 saturated heterocycles. The van der Waals surface area contributed by atoms with E-state index in [1.807, 2.05) is 36.5 Å². The average molecular weight is 577 g/mol. The minimum atomic E-state index is 0.841. The van der Waals surface area contributed by atoms with E-state index in [4.69, 9.17) is 10.2 Å². The van der Waals surface area contributed by atoms with E-state index in [0.717, 1.165) is 50.1 Å². The molecule has 0 bridgehead atoms. The molecule has 4 nitrogen and oxygen atoms in total. The van der Waals surface area contributed by atoms with Crippen LogP contribution < -0.4 is 0 Å². The molecule has 8 rings (SSSR count). The van der Waals surface area contributed by atoms with Crippen molar-refractivity contribution < 1.29 is 0 Å². The number of aromatic nitrogens is 4. The summed E-state index contributed by atoms with van der Waals surface area (Å²) in [5.74, 6) is 0. The van der Waals surface area contributed by atoms with E-state index in [1.165, 1.54) is 22.3 Å². The fourth-order valence-corrected chi connectivity index (χ4v) is 5.82. The zero-order valence-corrected chi connectivity index (χ0v) is 24.5. The standard InChI is InChI=1S/C41H28N4/c1-3-9-29(10-4-1)31-16-18-33(19-17-31)37-26-39(34-22-20-32(21-23-34)30-11-5-2-6-12-30)41-40(27-37)43-45(44-41)38-15-7-13-35(25-38)36-14-8-24-42-28-36/h1-28H. The van der Waals surface area contributed by atoms with Gasteiger partial charge in [-0.1, -0.05) is 127 Å². The average Bonchev–Trinajstić information content (AvgIpc) is 3.57. The normalized spacial score (nSPS) is 11.1. The lowest BCUT2D eigenvalue weighted by molar-refractivity contribution is 0.766. The molecule has 0 atom stereocenters. The summed E-state index contributed by atoms with van der Waals surface area (Å²) in [6, 6.07) is 55.0.